The fourth-order valence-electron chi connectivity index (χ4n) is 9.36. The number of aryl methyl sites for hydroxylation is 7. The number of pyridine rings is 2. The van der Waals surface area contributed by atoms with Gasteiger partial charge in [-0.1, -0.05) is 36.4 Å². The van der Waals surface area contributed by atoms with Crippen LogP contribution in [-0.2, 0) is 71.7 Å². The van der Waals surface area contributed by atoms with E-state index in [2.05, 4.69) is 12.1 Å². The number of carboxylic acid groups (broad SMARTS) is 1. The van der Waals surface area contributed by atoms with Gasteiger partial charge in [0.05, 0.1) is 41.4 Å². The lowest BCUT2D eigenvalue weighted by Crippen LogP contribution is -2.36. The van der Waals surface area contributed by atoms with E-state index >= 15 is 0 Å². The molecule has 2 atom stereocenters. The summed E-state index contributed by atoms with van der Waals surface area (Å²) in [5, 5.41) is 9.53. The van der Waals surface area contributed by atoms with Crippen LogP contribution in [0.4, 0.5) is 31.1 Å². The molecule has 12 nitrogen and oxygen atoms in total. The molecule has 2 aromatic carbocycles. The molecule has 2 unspecified atom stereocenters. The van der Waals surface area contributed by atoms with Crippen LogP contribution in [0.1, 0.15) is 128 Å². The van der Waals surface area contributed by atoms with E-state index in [1.807, 2.05) is 12.1 Å². The maximum Gasteiger partial charge on any atom is 0.416 e. The number of esters is 1. The topological polar surface area (TPSA) is 140 Å². The van der Waals surface area contributed by atoms with E-state index in [1.54, 1.807) is 31.9 Å². The fourth-order valence-corrected chi connectivity index (χ4v) is 9.36. The number of rotatable bonds is 16. The SMILES string of the molecule is CC(C)(C)OC(=O)CC(c1cccc(C(F)(F)F)c1)n1ccn(CCCc2ccc3c(n2)CCC3)c1=O.ClCCl.O=C(O)CC(c1cccc(C(F)(F)F)c1)N1CCN(CCCc2ccc3c(n2)CCC3)C1=O. The summed E-state index contributed by atoms with van der Waals surface area (Å²) < 4.78 is 87.9. The van der Waals surface area contributed by atoms with Gasteiger partial charge in [-0.25, -0.2) is 9.59 Å². The number of halogens is 8. The number of hydrogen-bond donors (Lipinski definition) is 1. The lowest BCUT2D eigenvalue weighted by atomic mass is 10.00. The van der Waals surface area contributed by atoms with Gasteiger partial charge in [0.2, 0.25) is 0 Å². The number of hydrogen-bond acceptors (Lipinski definition) is 7. The van der Waals surface area contributed by atoms with E-state index in [0.717, 1.165) is 92.0 Å². The Hall–Kier alpha value is -5.88. The monoisotopic (exact) mass is 1060 g/mol. The van der Waals surface area contributed by atoms with E-state index in [0.29, 0.717) is 38.9 Å². The summed E-state index contributed by atoms with van der Waals surface area (Å²) in [7, 11) is 0. The highest BCUT2D eigenvalue weighted by molar-refractivity contribution is 6.40. The van der Waals surface area contributed by atoms with Crippen LogP contribution in [0.3, 0.4) is 0 Å². The summed E-state index contributed by atoms with van der Waals surface area (Å²) >= 11 is 9.53. The van der Waals surface area contributed by atoms with Crippen molar-refractivity contribution in [1.82, 2.24) is 28.9 Å². The zero-order valence-corrected chi connectivity index (χ0v) is 42.5. The predicted octanol–water partition coefficient (Wildman–Crippen LogP) is 11.4. The summed E-state index contributed by atoms with van der Waals surface area (Å²) in [6.07, 6.45) is 2.53. The second-order valence-electron chi connectivity index (χ2n) is 19.1. The largest absolute Gasteiger partial charge is 0.481 e. The van der Waals surface area contributed by atoms with Crippen molar-refractivity contribution >= 4 is 41.2 Å². The highest BCUT2D eigenvalue weighted by Crippen LogP contribution is 2.35. The zero-order chi connectivity index (χ0) is 53.1. The minimum absolute atomic E-state index is 0.171. The Bertz CT molecular complexity index is 2760. The Kier molecular flexibility index (Phi) is 19.2. The quantitative estimate of drug-likeness (QED) is 0.0585. The molecule has 1 fully saturated rings. The number of carboxylic acids is 1. The molecular formula is C53H60Cl2F6N6O6. The number of imidazole rings is 1. The van der Waals surface area contributed by atoms with Crippen molar-refractivity contribution in [3.63, 3.8) is 0 Å². The average molecular weight is 1060 g/mol. The van der Waals surface area contributed by atoms with Gasteiger partial charge < -0.3 is 19.6 Å². The number of amides is 2. The van der Waals surface area contributed by atoms with Gasteiger partial charge in [0.15, 0.2) is 0 Å². The first-order valence-corrected chi connectivity index (χ1v) is 25.3. The molecule has 0 radical (unpaired) electrons. The van der Waals surface area contributed by atoms with Gasteiger partial charge in [0.1, 0.15) is 5.60 Å². The molecule has 1 N–H and O–H groups in total. The second-order valence-corrected chi connectivity index (χ2v) is 20.0. The minimum Gasteiger partial charge on any atom is -0.481 e. The third kappa shape index (κ3) is 15.8. The minimum atomic E-state index is -4.55. The molecule has 0 bridgehead atoms. The lowest BCUT2D eigenvalue weighted by molar-refractivity contribution is -0.155. The molecule has 5 aromatic rings. The van der Waals surface area contributed by atoms with E-state index in [-0.39, 0.29) is 35.5 Å². The van der Waals surface area contributed by atoms with Crippen LogP contribution in [0.25, 0.3) is 0 Å². The lowest BCUT2D eigenvalue weighted by Gasteiger charge is -2.28. The van der Waals surface area contributed by atoms with Gasteiger partial charge >= 0.3 is 36.0 Å². The summed E-state index contributed by atoms with van der Waals surface area (Å²) in [4.78, 5) is 62.8. The average Bonchev–Trinajstić information content (AvgIpc) is 4.15. The van der Waals surface area contributed by atoms with Gasteiger partial charge in [0, 0.05) is 61.3 Å². The number of benzene rings is 2. The molecule has 394 valence electrons. The molecule has 3 aromatic heterocycles. The summed E-state index contributed by atoms with van der Waals surface area (Å²) in [6, 6.07) is 15.4. The first kappa shape index (κ1) is 56.4. The molecule has 3 aliphatic rings. The molecule has 4 heterocycles. The highest BCUT2D eigenvalue weighted by atomic mass is 35.5. The molecule has 8 rings (SSSR count). The molecule has 0 saturated carbocycles. The van der Waals surface area contributed by atoms with E-state index in [4.69, 9.17) is 37.9 Å². The summed E-state index contributed by atoms with van der Waals surface area (Å²) in [5.74, 6) is -1.77. The Morgan fingerprint density at radius 1 is 0.699 bits per heavy atom. The zero-order valence-electron chi connectivity index (χ0n) is 41.0. The maximum absolute atomic E-state index is 13.4. The Morgan fingerprint density at radius 2 is 1.22 bits per heavy atom. The Morgan fingerprint density at radius 3 is 1.73 bits per heavy atom. The second kappa shape index (κ2) is 24.9. The van der Waals surface area contributed by atoms with Crippen LogP contribution in [0.15, 0.2) is 90.0 Å². The molecule has 73 heavy (non-hydrogen) atoms. The van der Waals surface area contributed by atoms with Crippen LogP contribution in [0.5, 0.6) is 0 Å². The van der Waals surface area contributed by atoms with Gasteiger partial charge in [-0.3, -0.25) is 28.7 Å². The van der Waals surface area contributed by atoms with E-state index < -0.39 is 65.2 Å². The van der Waals surface area contributed by atoms with Crippen molar-refractivity contribution in [2.45, 2.75) is 134 Å². The number of nitrogens with zero attached hydrogens (tertiary/aromatic N) is 6. The first-order chi connectivity index (χ1) is 34.5. The van der Waals surface area contributed by atoms with Crippen molar-refractivity contribution in [3.05, 3.63) is 152 Å². The van der Waals surface area contributed by atoms with Gasteiger partial charge in [0.25, 0.3) is 0 Å². The molecular weight excluding hydrogens is 1000 g/mol. The normalized spacial score (nSPS) is 15.2. The third-order valence-corrected chi connectivity index (χ3v) is 12.7. The number of aliphatic carboxylic acids is 1. The van der Waals surface area contributed by atoms with Gasteiger partial charge in [-0.2, -0.15) is 26.3 Å². The van der Waals surface area contributed by atoms with Crippen molar-refractivity contribution in [2.24, 2.45) is 0 Å². The molecule has 20 heteroatoms. The highest BCUT2D eigenvalue weighted by Gasteiger charge is 2.38. The number of carbonyl (C=O) groups excluding carboxylic acids is 2. The van der Waals surface area contributed by atoms with Crippen molar-refractivity contribution in [1.29, 1.82) is 0 Å². The van der Waals surface area contributed by atoms with Crippen molar-refractivity contribution in [2.75, 3.05) is 25.0 Å². The maximum atomic E-state index is 13.4. The van der Waals surface area contributed by atoms with E-state index in [9.17, 15) is 50.6 Å². The van der Waals surface area contributed by atoms with Gasteiger partial charge in [-0.15, -0.1) is 23.2 Å². The van der Waals surface area contributed by atoms with Crippen LogP contribution >= 0.6 is 23.2 Å². The van der Waals surface area contributed by atoms with Crippen molar-refractivity contribution < 1.29 is 50.6 Å². The number of urea groups is 1. The Balaban J connectivity index is 0.000000227. The number of ether oxygens (including phenoxy) is 1. The molecule has 1 aliphatic heterocycles. The Labute approximate surface area is 430 Å². The van der Waals surface area contributed by atoms with Crippen LogP contribution in [0.2, 0.25) is 0 Å². The van der Waals surface area contributed by atoms with Crippen LogP contribution < -0.4 is 5.69 Å². The van der Waals surface area contributed by atoms with E-state index in [1.165, 1.54) is 55.6 Å². The number of alkyl halides is 8. The summed E-state index contributed by atoms with van der Waals surface area (Å²) in [5.41, 5.74) is 4.44. The smallest absolute Gasteiger partial charge is 0.416 e. The van der Waals surface area contributed by atoms with Crippen LogP contribution in [-0.4, -0.2) is 82.6 Å². The number of aromatic nitrogens is 4. The third-order valence-electron chi connectivity index (χ3n) is 12.7. The number of carbonyl (C=O) groups is 3. The van der Waals surface area contributed by atoms with Crippen molar-refractivity contribution in [3.8, 4) is 0 Å². The first-order valence-electron chi connectivity index (χ1n) is 24.2. The molecule has 2 aliphatic carbocycles. The number of fused-ring (bicyclic) bond motifs is 2. The predicted molar refractivity (Wildman–Crippen MR) is 265 cm³/mol. The molecule has 2 amide bonds. The standard InChI is InChI=1S/C28H32F3N3O3.C24H26F3N3O3.CH2Cl2/c1-27(2,3)37-25(35)18-24(20-8-4-9-21(17-20)28(29,30)31)34-16-15-33(26(34)36)14-6-10-22-13-12-19-7-5-11-23(19)32-22;25-24(26,27)18-6-1-5-17(14-18)21(15-22(31)32)30-13-12-29(23(30)33)11-3-7-19-10-9-16-4-2-8-20(16)28-19;2-1-3/h4,8-9,12-13,15-17,24H,5-7,10-11,14,18H2,1-3H3;1,5-6,9-10,14,21H,2-4,7-8,11-13,15H2,(H,31,32);1H2. The fraction of sp³-hybridized carbons (Fsp3) is 0.472. The van der Waals surface area contributed by atoms with Crippen LogP contribution in [0, 0.1) is 0 Å². The molecule has 0 spiro atoms. The van der Waals surface area contributed by atoms with Gasteiger partial charge in [-0.05, 0) is 144 Å². The summed E-state index contributed by atoms with van der Waals surface area (Å²) in [6.45, 7) is 6.71. The molecule has 1 saturated heterocycles.